The third-order valence-electron chi connectivity index (χ3n) is 2.27. The van der Waals surface area contributed by atoms with Crippen molar-refractivity contribution >= 4 is 17.6 Å². The van der Waals surface area contributed by atoms with Crippen LogP contribution in [-0.2, 0) is 18.6 Å². The van der Waals surface area contributed by atoms with E-state index in [4.69, 9.17) is 11.5 Å². The smallest absolute Gasteiger partial charge is 0.132 e. The second kappa shape index (κ2) is 4.14. The van der Waals surface area contributed by atoms with E-state index in [2.05, 4.69) is 9.97 Å². The number of fused-ring (bicyclic) bond motifs is 1. The molecule has 0 spiro atoms. The van der Waals surface area contributed by atoms with Crippen LogP contribution in [0.2, 0.25) is 0 Å². The number of anilines is 1. The lowest BCUT2D eigenvalue weighted by molar-refractivity contribution is 0.838. The standard InChI is InChI=1S/C9H14N4S/c10-3-1-8-12-7-5-14-4-2-6(7)9(11)13-8/h1-5,10H2,(H2,11,12,13). The minimum atomic E-state index is 0.575. The monoisotopic (exact) mass is 210 g/mol. The second-order valence-electron chi connectivity index (χ2n) is 3.29. The molecule has 0 aromatic carbocycles. The average molecular weight is 210 g/mol. The molecule has 14 heavy (non-hydrogen) atoms. The molecule has 5 heteroatoms. The van der Waals surface area contributed by atoms with Crippen LogP contribution in [0.25, 0.3) is 0 Å². The van der Waals surface area contributed by atoms with Crippen molar-refractivity contribution in [3.63, 3.8) is 0 Å². The molecule has 0 saturated carbocycles. The molecule has 4 N–H and O–H groups in total. The van der Waals surface area contributed by atoms with Gasteiger partial charge in [0.15, 0.2) is 0 Å². The Morgan fingerprint density at radius 1 is 1.36 bits per heavy atom. The fourth-order valence-electron chi connectivity index (χ4n) is 1.58. The van der Waals surface area contributed by atoms with Crippen molar-refractivity contribution in [3.05, 3.63) is 17.1 Å². The van der Waals surface area contributed by atoms with Gasteiger partial charge in [0.2, 0.25) is 0 Å². The Labute approximate surface area is 87.5 Å². The summed E-state index contributed by atoms with van der Waals surface area (Å²) in [6.45, 7) is 0.575. The summed E-state index contributed by atoms with van der Waals surface area (Å²) in [5.41, 5.74) is 13.6. The van der Waals surface area contributed by atoms with Crippen LogP contribution >= 0.6 is 11.8 Å². The highest BCUT2D eigenvalue weighted by molar-refractivity contribution is 7.98. The van der Waals surface area contributed by atoms with E-state index in [1.807, 2.05) is 11.8 Å². The molecule has 0 unspecified atom stereocenters. The van der Waals surface area contributed by atoms with Gasteiger partial charge < -0.3 is 11.5 Å². The van der Waals surface area contributed by atoms with E-state index in [0.717, 1.165) is 35.0 Å². The van der Waals surface area contributed by atoms with Crippen molar-refractivity contribution in [2.45, 2.75) is 18.6 Å². The van der Waals surface area contributed by atoms with E-state index in [9.17, 15) is 0 Å². The van der Waals surface area contributed by atoms with Crippen LogP contribution in [0, 0.1) is 0 Å². The third kappa shape index (κ3) is 1.83. The van der Waals surface area contributed by atoms with Crippen LogP contribution in [0.15, 0.2) is 0 Å². The van der Waals surface area contributed by atoms with Gasteiger partial charge in [-0.25, -0.2) is 9.97 Å². The molecule has 0 radical (unpaired) electrons. The molecule has 0 amide bonds. The second-order valence-corrected chi connectivity index (χ2v) is 4.40. The maximum Gasteiger partial charge on any atom is 0.132 e. The van der Waals surface area contributed by atoms with Gasteiger partial charge in [0.1, 0.15) is 11.6 Å². The van der Waals surface area contributed by atoms with Crippen molar-refractivity contribution in [1.29, 1.82) is 0 Å². The first-order valence-corrected chi connectivity index (χ1v) is 5.88. The fraction of sp³-hybridized carbons (Fsp3) is 0.556. The van der Waals surface area contributed by atoms with Crippen molar-refractivity contribution in [1.82, 2.24) is 9.97 Å². The zero-order valence-corrected chi connectivity index (χ0v) is 8.81. The molecule has 1 aromatic rings. The Morgan fingerprint density at radius 2 is 2.21 bits per heavy atom. The van der Waals surface area contributed by atoms with Gasteiger partial charge in [0.25, 0.3) is 0 Å². The van der Waals surface area contributed by atoms with E-state index in [1.165, 1.54) is 0 Å². The number of aromatic nitrogens is 2. The van der Waals surface area contributed by atoms with Crippen LogP contribution in [0.5, 0.6) is 0 Å². The number of hydrogen-bond acceptors (Lipinski definition) is 5. The number of nitrogens with zero attached hydrogens (tertiary/aromatic N) is 2. The van der Waals surface area contributed by atoms with Gasteiger partial charge >= 0.3 is 0 Å². The molecule has 2 rings (SSSR count). The molecule has 1 aliphatic rings. The summed E-state index contributed by atoms with van der Waals surface area (Å²) in [7, 11) is 0. The number of thioether (sulfide) groups is 1. The first-order chi connectivity index (χ1) is 6.81. The van der Waals surface area contributed by atoms with Gasteiger partial charge in [-0.05, 0) is 18.7 Å². The van der Waals surface area contributed by atoms with Crippen LogP contribution in [0.1, 0.15) is 17.1 Å². The van der Waals surface area contributed by atoms with Gasteiger partial charge in [-0.3, -0.25) is 0 Å². The largest absolute Gasteiger partial charge is 0.383 e. The van der Waals surface area contributed by atoms with Crippen molar-refractivity contribution in [2.24, 2.45) is 5.73 Å². The third-order valence-corrected chi connectivity index (χ3v) is 3.24. The summed E-state index contributed by atoms with van der Waals surface area (Å²) in [4.78, 5) is 8.73. The van der Waals surface area contributed by atoms with E-state index in [-0.39, 0.29) is 0 Å². The molecule has 0 aliphatic carbocycles. The first-order valence-electron chi connectivity index (χ1n) is 4.73. The van der Waals surface area contributed by atoms with Crippen LogP contribution in [0.3, 0.4) is 0 Å². The highest BCUT2D eigenvalue weighted by Crippen LogP contribution is 2.26. The highest BCUT2D eigenvalue weighted by atomic mass is 32.2. The molecular formula is C9H14N4S. The summed E-state index contributed by atoms with van der Waals surface area (Å²) >= 11 is 1.90. The molecule has 1 aromatic heterocycles. The van der Waals surface area contributed by atoms with Gasteiger partial charge in [-0.1, -0.05) is 0 Å². The van der Waals surface area contributed by atoms with Gasteiger partial charge in [-0.2, -0.15) is 11.8 Å². The Balaban J connectivity index is 2.36. The van der Waals surface area contributed by atoms with Gasteiger partial charge in [0.05, 0.1) is 5.69 Å². The van der Waals surface area contributed by atoms with Crippen molar-refractivity contribution in [2.75, 3.05) is 18.0 Å². The van der Waals surface area contributed by atoms with Crippen molar-refractivity contribution < 1.29 is 0 Å². The Bertz CT molecular complexity index is 340. The number of nitrogens with two attached hydrogens (primary N) is 2. The maximum atomic E-state index is 5.87. The molecule has 76 valence electrons. The highest BCUT2D eigenvalue weighted by Gasteiger charge is 2.15. The minimum absolute atomic E-state index is 0.575. The molecule has 0 fully saturated rings. The number of nitrogen functional groups attached to an aromatic ring is 1. The van der Waals surface area contributed by atoms with E-state index >= 15 is 0 Å². The molecule has 2 heterocycles. The number of rotatable bonds is 2. The Kier molecular flexibility index (Phi) is 2.88. The predicted molar refractivity (Wildman–Crippen MR) is 59.1 cm³/mol. The maximum absolute atomic E-state index is 5.87. The summed E-state index contributed by atoms with van der Waals surface area (Å²) in [5, 5.41) is 0. The SMILES string of the molecule is NCCc1nc(N)c2c(n1)CSCC2. The summed E-state index contributed by atoms with van der Waals surface area (Å²) in [5.74, 6) is 3.51. The number of hydrogen-bond donors (Lipinski definition) is 2. The quantitative estimate of drug-likeness (QED) is 0.736. The Morgan fingerprint density at radius 3 is 3.00 bits per heavy atom. The van der Waals surface area contributed by atoms with Crippen LogP contribution in [-0.4, -0.2) is 22.3 Å². The lowest BCUT2D eigenvalue weighted by Gasteiger charge is -2.16. The molecule has 0 atom stereocenters. The normalized spacial score (nSPS) is 15.2. The van der Waals surface area contributed by atoms with Crippen LogP contribution in [0.4, 0.5) is 5.82 Å². The lowest BCUT2D eigenvalue weighted by atomic mass is 10.1. The Hall–Kier alpha value is -0.810. The van der Waals surface area contributed by atoms with Gasteiger partial charge in [-0.15, -0.1) is 0 Å². The average Bonchev–Trinajstić information content (AvgIpc) is 2.18. The molecular weight excluding hydrogens is 196 g/mol. The lowest BCUT2D eigenvalue weighted by Crippen LogP contribution is -2.15. The summed E-state index contributed by atoms with van der Waals surface area (Å²) in [6.07, 6.45) is 1.71. The fourth-order valence-corrected chi connectivity index (χ4v) is 2.50. The predicted octanol–water partition coefficient (Wildman–Crippen LogP) is 0.349. The molecule has 0 saturated heterocycles. The van der Waals surface area contributed by atoms with Crippen LogP contribution < -0.4 is 11.5 Å². The molecule has 0 bridgehead atoms. The zero-order valence-electron chi connectivity index (χ0n) is 7.99. The first kappa shape index (κ1) is 9.73. The zero-order chi connectivity index (χ0) is 9.97. The van der Waals surface area contributed by atoms with E-state index < -0.39 is 0 Å². The summed E-state index contributed by atoms with van der Waals surface area (Å²) in [6, 6.07) is 0. The summed E-state index contributed by atoms with van der Waals surface area (Å²) < 4.78 is 0. The van der Waals surface area contributed by atoms with E-state index in [0.29, 0.717) is 18.8 Å². The minimum Gasteiger partial charge on any atom is -0.383 e. The van der Waals surface area contributed by atoms with Gasteiger partial charge in [0, 0.05) is 17.7 Å². The topological polar surface area (TPSA) is 77.8 Å². The van der Waals surface area contributed by atoms with E-state index in [1.54, 1.807) is 0 Å². The van der Waals surface area contributed by atoms with Crippen molar-refractivity contribution in [3.8, 4) is 0 Å². The molecule has 4 nitrogen and oxygen atoms in total. The molecule has 1 aliphatic heterocycles.